The molecule has 2 aliphatic heterocycles. The quantitative estimate of drug-likeness (QED) is 0.200. The van der Waals surface area contributed by atoms with E-state index in [1.54, 1.807) is 18.2 Å². The summed E-state index contributed by atoms with van der Waals surface area (Å²) >= 11 is 0. The second-order valence-corrected chi connectivity index (χ2v) is 13.9. The summed E-state index contributed by atoms with van der Waals surface area (Å²) in [6, 6.07) is 22.0. The van der Waals surface area contributed by atoms with Gasteiger partial charge in [-0.05, 0) is 41.4 Å². The lowest BCUT2D eigenvalue weighted by Crippen LogP contribution is -2.61. The summed E-state index contributed by atoms with van der Waals surface area (Å²) in [7, 11) is 0. The van der Waals surface area contributed by atoms with E-state index in [2.05, 4.69) is 16.0 Å². The molecule has 10 nitrogen and oxygen atoms in total. The lowest BCUT2D eigenvalue weighted by Gasteiger charge is -2.41. The largest absolute Gasteiger partial charge is 0.356 e. The zero-order valence-corrected chi connectivity index (χ0v) is 28.2. The number of nitrogens with one attached hydrogen (secondary N) is 3. The maximum Gasteiger partial charge on any atom is 0.246 e. The highest BCUT2D eigenvalue weighted by molar-refractivity contribution is 6.45. The monoisotopic (exact) mass is 664 g/mol. The molecule has 4 amide bonds. The van der Waals surface area contributed by atoms with Crippen molar-refractivity contribution in [3.63, 3.8) is 0 Å². The fourth-order valence-electron chi connectivity index (χ4n) is 6.48. The van der Waals surface area contributed by atoms with Crippen molar-refractivity contribution in [2.75, 3.05) is 6.54 Å². The smallest absolute Gasteiger partial charge is 0.246 e. The normalized spacial score (nSPS) is 18.4. The third-order valence-electron chi connectivity index (χ3n) is 9.31. The number of amides is 4. The van der Waals surface area contributed by atoms with Gasteiger partial charge in [-0.1, -0.05) is 106 Å². The summed E-state index contributed by atoms with van der Waals surface area (Å²) in [5.41, 5.74) is 2.24. The van der Waals surface area contributed by atoms with Crippen LogP contribution >= 0.6 is 0 Å². The van der Waals surface area contributed by atoms with Crippen LogP contribution in [0.2, 0.25) is 0 Å². The first-order chi connectivity index (χ1) is 23.4. The Labute approximate surface area is 287 Å². The standard InChI is InChI=1S/C39H44N4O6/c1-39(2,3)35(42-32(44)19-18-25-12-6-4-7-13-25)38(49)43-24-29-17-11-10-16-27(29)23-31(43)37(48)41-30(22-28-20-21-40-36(28)47)34(46)33(45)26-14-8-5-9-15-26/h4-17,28,30-31,35H,18-24H2,1-3H3,(H,40,47)(H,41,48)(H,42,44)/t28-,30-,31-,35+/m0/s1. The second kappa shape index (κ2) is 15.4. The molecule has 3 N–H and O–H groups in total. The van der Waals surface area contributed by atoms with Gasteiger partial charge in [0.2, 0.25) is 35.2 Å². The van der Waals surface area contributed by atoms with Crippen LogP contribution in [0.5, 0.6) is 0 Å². The van der Waals surface area contributed by atoms with Gasteiger partial charge in [-0.3, -0.25) is 28.8 Å². The van der Waals surface area contributed by atoms with Gasteiger partial charge in [0.05, 0.1) is 6.04 Å². The minimum absolute atomic E-state index is 0.0473. The highest BCUT2D eigenvalue weighted by atomic mass is 16.2. The number of ketones is 2. The average molecular weight is 665 g/mol. The van der Waals surface area contributed by atoms with Crippen LogP contribution in [0.4, 0.5) is 0 Å². The van der Waals surface area contributed by atoms with Gasteiger partial charge < -0.3 is 20.9 Å². The number of hydrogen-bond donors (Lipinski definition) is 3. The van der Waals surface area contributed by atoms with E-state index >= 15 is 0 Å². The number of Topliss-reactive ketones (excluding diaryl/α,β-unsaturated/α-hetero) is 2. The molecule has 1 fully saturated rings. The van der Waals surface area contributed by atoms with Crippen molar-refractivity contribution < 1.29 is 28.8 Å². The summed E-state index contributed by atoms with van der Waals surface area (Å²) in [6.07, 6.45) is 1.29. The van der Waals surface area contributed by atoms with Crippen molar-refractivity contribution in [2.45, 2.75) is 77.5 Å². The van der Waals surface area contributed by atoms with Crippen molar-refractivity contribution in [2.24, 2.45) is 11.3 Å². The van der Waals surface area contributed by atoms with E-state index in [0.717, 1.165) is 16.7 Å². The summed E-state index contributed by atoms with van der Waals surface area (Å²) in [6.45, 7) is 6.13. The molecule has 0 spiro atoms. The molecule has 10 heteroatoms. The molecule has 3 aromatic rings. The lowest BCUT2D eigenvalue weighted by molar-refractivity contribution is -0.147. The number of nitrogens with zero attached hydrogens (tertiary/aromatic N) is 1. The molecule has 2 aliphatic rings. The molecule has 0 unspecified atom stereocenters. The molecule has 0 radical (unpaired) electrons. The maximum absolute atomic E-state index is 14.5. The first-order valence-corrected chi connectivity index (χ1v) is 16.8. The van der Waals surface area contributed by atoms with Crippen molar-refractivity contribution >= 4 is 35.2 Å². The zero-order chi connectivity index (χ0) is 35.1. The second-order valence-electron chi connectivity index (χ2n) is 13.9. The highest BCUT2D eigenvalue weighted by Gasteiger charge is 2.43. The molecule has 0 aliphatic carbocycles. The Balaban J connectivity index is 1.40. The Hall–Kier alpha value is -5.12. The van der Waals surface area contributed by atoms with Gasteiger partial charge in [0.1, 0.15) is 12.1 Å². The topological polar surface area (TPSA) is 142 Å². The number of benzene rings is 3. The van der Waals surface area contributed by atoms with Gasteiger partial charge >= 0.3 is 0 Å². The predicted octanol–water partition coefficient (Wildman–Crippen LogP) is 3.57. The fourth-order valence-corrected chi connectivity index (χ4v) is 6.48. The number of hydrogen-bond acceptors (Lipinski definition) is 6. The summed E-state index contributed by atoms with van der Waals surface area (Å²) < 4.78 is 0. The highest BCUT2D eigenvalue weighted by Crippen LogP contribution is 2.29. The van der Waals surface area contributed by atoms with E-state index in [0.29, 0.717) is 19.4 Å². The van der Waals surface area contributed by atoms with Gasteiger partial charge in [-0.15, -0.1) is 0 Å². The van der Waals surface area contributed by atoms with Gasteiger partial charge in [-0.25, -0.2) is 0 Å². The molecular weight excluding hydrogens is 620 g/mol. The van der Waals surface area contributed by atoms with Crippen LogP contribution < -0.4 is 16.0 Å². The van der Waals surface area contributed by atoms with Crippen molar-refractivity contribution in [3.05, 3.63) is 107 Å². The first-order valence-electron chi connectivity index (χ1n) is 16.8. The van der Waals surface area contributed by atoms with Crippen LogP contribution in [0.25, 0.3) is 0 Å². The van der Waals surface area contributed by atoms with E-state index < -0.39 is 52.8 Å². The van der Waals surface area contributed by atoms with Gasteiger partial charge in [-0.2, -0.15) is 0 Å². The molecule has 49 heavy (non-hydrogen) atoms. The third kappa shape index (κ3) is 8.68. The van der Waals surface area contributed by atoms with Gasteiger partial charge in [0.15, 0.2) is 0 Å². The Morgan fingerprint density at radius 1 is 0.857 bits per heavy atom. The Morgan fingerprint density at radius 3 is 2.12 bits per heavy atom. The van der Waals surface area contributed by atoms with Crippen LogP contribution in [0, 0.1) is 11.3 Å². The zero-order valence-electron chi connectivity index (χ0n) is 28.2. The predicted molar refractivity (Wildman–Crippen MR) is 184 cm³/mol. The molecule has 1 saturated heterocycles. The van der Waals surface area contributed by atoms with E-state index in [-0.39, 0.29) is 43.2 Å². The Kier molecular flexibility index (Phi) is 11.1. The van der Waals surface area contributed by atoms with Crippen molar-refractivity contribution in [3.8, 4) is 0 Å². The molecular formula is C39H44N4O6. The van der Waals surface area contributed by atoms with Crippen LogP contribution in [-0.2, 0) is 43.4 Å². The molecule has 3 aromatic carbocycles. The van der Waals surface area contributed by atoms with Crippen molar-refractivity contribution in [1.29, 1.82) is 0 Å². The van der Waals surface area contributed by atoms with Crippen LogP contribution in [0.1, 0.15) is 67.1 Å². The Morgan fingerprint density at radius 2 is 1.49 bits per heavy atom. The number of aryl methyl sites for hydroxylation is 1. The molecule has 0 saturated carbocycles. The van der Waals surface area contributed by atoms with Crippen molar-refractivity contribution in [1.82, 2.24) is 20.9 Å². The fraction of sp³-hybridized carbons (Fsp3) is 0.385. The van der Waals surface area contributed by atoms with E-state index in [1.165, 1.54) is 17.0 Å². The van der Waals surface area contributed by atoms with E-state index in [9.17, 15) is 28.8 Å². The van der Waals surface area contributed by atoms with Crippen LogP contribution in [0.15, 0.2) is 84.9 Å². The number of carbonyl (C=O) groups is 6. The molecule has 5 rings (SSSR count). The number of carbonyl (C=O) groups excluding carboxylic acids is 6. The maximum atomic E-state index is 14.5. The molecule has 0 bridgehead atoms. The van der Waals surface area contributed by atoms with Crippen LogP contribution in [-0.4, -0.2) is 64.8 Å². The van der Waals surface area contributed by atoms with E-state index in [1.807, 2.05) is 75.4 Å². The summed E-state index contributed by atoms with van der Waals surface area (Å²) in [5, 5.41) is 8.48. The molecule has 0 aromatic heterocycles. The van der Waals surface area contributed by atoms with Gasteiger partial charge in [0.25, 0.3) is 0 Å². The minimum atomic E-state index is -1.28. The number of rotatable bonds is 12. The molecule has 2 heterocycles. The Bertz CT molecular complexity index is 1700. The lowest BCUT2D eigenvalue weighted by atomic mass is 9.84. The molecule has 4 atom stereocenters. The number of fused-ring (bicyclic) bond motifs is 1. The minimum Gasteiger partial charge on any atom is -0.356 e. The summed E-state index contributed by atoms with van der Waals surface area (Å²) in [4.78, 5) is 82.9. The molecule has 256 valence electrons. The first kappa shape index (κ1) is 35.2. The van der Waals surface area contributed by atoms with E-state index in [4.69, 9.17) is 0 Å². The van der Waals surface area contributed by atoms with Crippen LogP contribution in [0.3, 0.4) is 0 Å². The SMILES string of the molecule is CC(C)(C)[C@H](NC(=O)CCc1ccccc1)C(=O)N1Cc2ccccc2C[C@H]1C(=O)N[C@@H](C[C@@H]1CCNC1=O)C(=O)C(=O)c1ccccc1. The average Bonchev–Trinajstić information content (AvgIpc) is 3.51. The third-order valence-corrected chi connectivity index (χ3v) is 9.31. The summed E-state index contributed by atoms with van der Waals surface area (Å²) in [5.74, 6) is -3.70. The van der Waals surface area contributed by atoms with Gasteiger partial charge in [0, 0.05) is 37.4 Å².